The molecule has 2 saturated heterocycles. The maximum absolute atomic E-state index is 12.7. The Hall–Kier alpha value is -2.12. The van der Waals surface area contributed by atoms with Crippen molar-refractivity contribution >= 4 is 12.0 Å². The lowest BCUT2D eigenvalue weighted by atomic mass is 10.0. The Balaban J connectivity index is 1.45. The summed E-state index contributed by atoms with van der Waals surface area (Å²) >= 11 is 0. The molecule has 2 aliphatic rings. The second-order valence-corrected chi connectivity index (χ2v) is 9.86. The Morgan fingerprint density at radius 1 is 1.06 bits per heavy atom. The van der Waals surface area contributed by atoms with Crippen LogP contribution in [0.25, 0.3) is 0 Å². The summed E-state index contributed by atoms with van der Waals surface area (Å²) in [5.74, 6) is -0.0594. The van der Waals surface area contributed by atoms with Crippen LogP contribution in [0.3, 0.4) is 0 Å². The first-order chi connectivity index (χ1) is 14.6. The number of ether oxygens (including phenoxy) is 2. The minimum atomic E-state index is -0.493. The van der Waals surface area contributed by atoms with Gasteiger partial charge in [0.25, 0.3) is 5.91 Å². The molecule has 2 fully saturated rings. The van der Waals surface area contributed by atoms with Gasteiger partial charge in [0, 0.05) is 44.3 Å². The van der Waals surface area contributed by atoms with E-state index in [1.54, 1.807) is 4.90 Å². The van der Waals surface area contributed by atoms with Gasteiger partial charge >= 0.3 is 6.09 Å². The fourth-order valence-corrected chi connectivity index (χ4v) is 4.23. The second kappa shape index (κ2) is 10.0. The van der Waals surface area contributed by atoms with Gasteiger partial charge in [-0.25, -0.2) is 4.79 Å². The van der Waals surface area contributed by atoms with Crippen molar-refractivity contribution in [1.29, 1.82) is 0 Å². The molecular formula is C24H37N3O4. The quantitative estimate of drug-likeness (QED) is 0.791. The molecule has 0 aromatic heterocycles. The number of piperidine rings is 1. The number of carbonyl (C=O) groups excluding carboxylic acids is 2. The van der Waals surface area contributed by atoms with Crippen LogP contribution < -0.4 is 5.32 Å². The molecule has 2 atom stereocenters. The van der Waals surface area contributed by atoms with Crippen LogP contribution in [-0.2, 0) is 16.0 Å². The number of rotatable bonds is 4. The molecule has 0 aliphatic carbocycles. The van der Waals surface area contributed by atoms with Crippen LogP contribution in [0.4, 0.5) is 4.79 Å². The van der Waals surface area contributed by atoms with E-state index in [0.29, 0.717) is 18.7 Å². The van der Waals surface area contributed by atoms with Crippen molar-refractivity contribution < 1.29 is 19.1 Å². The average molecular weight is 432 g/mol. The molecule has 2 unspecified atom stereocenters. The maximum Gasteiger partial charge on any atom is 0.410 e. The van der Waals surface area contributed by atoms with Crippen molar-refractivity contribution in [2.24, 2.45) is 0 Å². The van der Waals surface area contributed by atoms with Crippen molar-refractivity contribution in [2.75, 3.05) is 26.2 Å². The number of carbonyl (C=O) groups is 2. The zero-order chi connectivity index (χ0) is 22.6. The Morgan fingerprint density at radius 3 is 2.19 bits per heavy atom. The van der Waals surface area contributed by atoms with E-state index < -0.39 is 5.60 Å². The first-order valence-corrected chi connectivity index (χ1v) is 11.3. The summed E-state index contributed by atoms with van der Waals surface area (Å²) in [6.07, 6.45) is 1.68. The summed E-state index contributed by atoms with van der Waals surface area (Å²) in [6.45, 7) is 13.7. The highest BCUT2D eigenvalue weighted by atomic mass is 16.6. The molecule has 2 aliphatic heterocycles. The largest absolute Gasteiger partial charge is 0.444 e. The molecule has 172 valence electrons. The molecule has 0 radical (unpaired) electrons. The number of benzene rings is 1. The van der Waals surface area contributed by atoms with Gasteiger partial charge in [0.1, 0.15) is 5.60 Å². The zero-order valence-electron chi connectivity index (χ0n) is 19.5. The lowest BCUT2D eigenvalue weighted by Crippen LogP contribution is -2.47. The molecule has 7 heteroatoms. The maximum atomic E-state index is 12.7. The highest BCUT2D eigenvalue weighted by molar-refractivity contribution is 5.94. The minimum Gasteiger partial charge on any atom is -0.444 e. The van der Waals surface area contributed by atoms with Gasteiger partial charge in [-0.15, -0.1) is 0 Å². The monoisotopic (exact) mass is 431 g/mol. The summed E-state index contributed by atoms with van der Waals surface area (Å²) in [5.41, 5.74) is 1.37. The molecular weight excluding hydrogens is 394 g/mol. The van der Waals surface area contributed by atoms with E-state index in [0.717, 1.165) is 32.5 Å². The summed E-state index contributed by atoms with van der Waals surface area (Å²) in [4.78, 5) is 29.0. The van der Waals surface area contributed by atoms with E-state index in [-0.39, 0.29) is 30.3 Å². The van der Waals surface area contributed by atoms with Crippen molar-refractivity contribution in [1.82, 2.24) is 15.1 Å². The van der Waals surface area contributed by atoms with Crippen LogP contribution in [-0.4, -0.2) is 71.8 Å². The van der Waals surface area contributed by atoms with Gasteiger partial charge in [-0.3, -0.25) is 9.69 Å². The number of morpholine rings is 1. The molecule has 0 spiro atoms. The molecule has 7 nitrogen and oxygen atoms in total. The molecule has 1 aromatic rings. The van der Waals surface area contributed by atoms with Crippen LogP contribution in [0.2, 0.25) is 0 Å². The number of amides is 2. The average Bonchev–Trinajstić information content (AvgIpc) is 2.67. The van der Waals surface area contributed by atoms with Gasteiger partial charge in [-0.1, -0.05) is 12.1 Å². The Labute approximate surface area is 186 Å². The topological polar surface area (TPSA) is 71.1 Å². The van der Waals surface area contributed by atoms with Crippen molar-refractivity contribution in [2.45, 2.75) is 77.9 Å². The van der Waals surface area contributed by atoms with Crippen molar-refractivity contribution in [3.05, 3.63) is 35.4 Å². The Bertz CT molecular complexity index is 741. The van der Waals surface area contributed by atoms with Gasteiger partial charge < -0.3 is 19.7 Å². The summed E-state index contributed by atoms with van der Waals surface area (Å²) < 4.78 is 11.2. The van der Waals surface area contributed by atoms with Gasteiger partial charge in [0.15, 0.2) is 0 Å². The molecule has 1 aromatic carbocycles. The minimum absolute atomic E-state index is 0.0594. The third-order valence-electron chi connectivity index (χ3n) is 5.60. The predicted octanol–water partition coefficient (Wildman–Crippen LogP) is 3.43. The predicted molar refractivity (Wildman–Crippen MR) is 120 cm³/mol. The molecule has 2 amide bonds. The lowest BCUT2D eigenvalue weighted by molar-refractivity contribution is -0.0704. The van der Waals surface area contributed by atoms with Crippen LogP contribution in [0.15, 0.2) is 24.3 Å². The fourth-order valence-electron chi connectivity index (χ4n) is 4.23. The summed E-state index contributed by atoms with van der Waals surface area (Å²) in [5, 5.41) is 3.11. The second-order valence-electron chi connectivity index (χ2n) is 9.86. The number of hydrogen-bond donors (Lipinski definition) is 1. The molecule has 1 N–H and O–H groups in total. The van der Waals surface area contributed by atoms with Gasteiger partial charge in [-0.2, -0.15) is 0 Å². The SMILES string of the molecule is CC1CN(Cc2ccc(C(=O)NC3CCN(C(=O)OC(C)(C)C)CC3)cc2)CC(C)O1. The molecule has 31 heavy (non-hydrogen) atoms. The fraction of sp³-hybridized carbons (Fsp3) is 0.667. The van der Waals surface area contributed by atoms with Crippen LogP contribution in [0, 0.1) is 0 Å². The van der Waals surface area contributed by atoms with E-state index in [9.17, 15) is 9.59 Å². The molecule has 0 bridgehead atoms. The van der Waals surface area contributed by atoms with Crippen LogP contribution >= 0.6 is 0 Å². The van der Waals surface area contributed by atoms with E-state index in [1.165, 1.54) is 5.56 Å². The van der Waals surface area contributed by atoms with Crippen molar-refractivity contribution in [3.63, 3.8) is 0 Å². The third kappa shape index (κ3) is 7.21. The lowest BCUT2D eigenvalue weighted by Gasteiger charge is -2.35. The van der Waals surface area contributed by atoms with E-state index in [1.807, 2.05) is 45.0 Å². The summed E-state index contributed by atoms with van der Waals surface area (Å²) in [6, 6.07) is 7.93. The standard InChI is InChI=1S/C24H37N3O4/c1-17-14-26(15-18(2)30-17)16-19-6-8-20(9-7-19)22(28)25-21-10-12-27(13-11-21)23(29)31-24(3,4)5/h6-9,17-18,21H,10-16H2,1-5H3,(H,25,28). The van der Waals surface area contributed by atoms with E-state index >= 15 is 0 Å². The number of nitrogens with one attached hydrogen (secondary N) is 1. The summed E-state index contributed by atoms with van der Waals surface area (Å²) in [7, 11) is 0. The number of nitrogens with zero attached hydrogens (tertiary/aromatic N) is 2. The Kier molecular flexibility index (Phi) is 7.59. The first-order valence-electron chi connectivity index (χ1n) is 11.3. The van der Waals surface area contributed by atoms with Gasteiger partial charge in [0.05, 0.1) is 12.2 Å². The molecule has 0 saturated carbocycles. The first kappa shape index (κ1) is 23.5. The number of likely N-dealkylation sites (tertiary alicyclic amines) is 1. The van der Waals surface area contributed by atoms with Gasteiger partial charge in [0.2, 0.25) is 0 Å². The normalized spacial score (nSPS) is 23.5. The van der Waals surface area contributed by atoms with E-state index in [2.05, 4.69) is 24.1 Å². The van der Waals surface area contributed by atoms with E-state index in [4.69, 9.17) is 9.47 Å². The highest BCUT2D eigenvalue weighted by Crippen LogP contribution is 2.17. The smallest absolute Gasteiger partial charge is 0.410 e. The third-order valence-corrected chi connectivity index (χ3v) is 5.60. The zero-order valence-corrected chi connectivity index (χ0v) is 19.5. The number of hydrogen-bond acceptors (Lipinski definition) is 5. The molecule has 2 heterocycles. The Morgan fingerprint density at radius 2 is 1.65 bits per heavy atom. The van der Waals surface area contributed by atoms with Gasteiger partial charge in [-0.05, 0) is 65.2 Å². The van der Waals surface area contributed by atoms with Crippen LogP contribution in [0.1, 0.15) is 63.4 Å². The van der Waals surface area contributed by atoms with Crippen molar-refractivity contribution in [3.8, 4) is 0 Å². The van der Waals surface area contributed by atoms with Crippen LogP contribution in [0.5, 0.6) is 0 Å². The highest BCUT2D eigenvalue weighted by Gasteiger charge is 2.27. The molecule has 3 rings (SSSR count).